The summed E-state index contributed by atoms with van der Waals surface area (Å²) in [6, 6.07) is 2.67. The van der Waals surface area contributed by atoms with Crippen molar-refractivity contribution >= 4 is 27.3 Å². The molecule has 0 aliphatic carbocycles. The average Bonchev–Trinajstić information content (AvgIpc) is 2.74. The van der Waals surface area contributed by atoms with Crippen LogP contribution in [0.1, 0.15) is 22.7 Å². The van der Waals surface area contributed by atoms with Crippen molar-refractivity contribution in [3.63, 3.8) is 0 Å². The highest BCUT2D eigenvalue weighted by atomic mass is 79.9. The molecule has 20 heavy (non-hydrogen) atoms. The Morgan fingerprint density at radius 2 is 2.10 bits per heavy atom. The summed E-state index contributed by atoms with van der Waals surface area (Å²) in [5.74, 6) is 0. The molecular weight excluding hydrogens is 340 g/mol. The molecule has 6 heteroatoms. The lowest BCUT2D eigenvalue weighted by Crippen LogP contribution is -2.43. The van der Waals surface area contributed by atoms with E-state index in [2.05, 4.69) is 40.7 Å². The van der Waals surface area contributed by atoms with Crippen LogP contribution >= 0.6 is 27.3 Å². The summed E-state index contributed by atoms with van der Waals surface area (Å²) < 4.78 is 11.7. The molecule has 0 saturated carbocycles. The van der Waals surface area contributed by atoms with E-state index >= 15 is 0 Å². The van der Waals surface area contributed by atoms with Crippen molar-refractivity contribution in [1.29, 1.82) is 0 Å². The highest BCUT2D eigenvalue weighted by Gasteiger charge is 2.25. The van der Waals surface area contributed by atoms with E-state index in [4.69, 9.17) is 15.2 Å². The Morgan fingerprint density at radius 3 is 2.55 bits per heavy atom. The molecule has 0 spiro atoms. The van der Waals surface area contributed by atoms with Crippen molar-refractivity contribution in [3.8, 4) is 0 Å². The van der Waals surface area contributed by atoms with Gasteiger partial charge in [-0.3, -0.25) is 4.90 Å². The quantitative estimate of drug-likeness (QED) is 0.731. The highest BCUT2D eigenvalue weighted by molar-refractivity contribution is 9.10. The molecular formula is C14H25BrN2O2S. The van der Waals surface area contributed by atoms with Gasteiger partial charge in [-0.2, -0.15) is 0 Å². The van der Waals surface area contributed by atoms with Gasteiger partial charge in [-0.05, 0) is 35.8 Å². The Balaban J connectivity index is 2.94. The molecule has 0 aliphatic heterocycles. The number of nitrogens with zero attached hydrogens (tertiary/aromatic N) is 1. The topological polar surface area (TPSA) is 47.7 Å². The fraction of sp³-hybridized carbons (Fsp3) is 0.714. The first kappa shape index (κ1) is 18.1. The summed E-state index contributed by atoms with van der Waals surface area (Å²) in [5.41, 5.74) is 6.04. The SMILES string of the molecule is COCCN(C(C)COC)C(CN)c1cc(Br)c(C)s1. The van der Waals surface area contributed by atoms with E-state index in [1.54, 1.807) is 25.6 Å². The Kier molecular flexibility index (Phi) is 8.24. The number of hydrogen-bond acceptors (Lipinski definition) is 5. The van der Waals surface area contributed by atoms with Gasteiger partial charge in [-0.15, -0.1) is 11.3 Å². The Morgan fingerprint density at radius 1 is 1.40 bits per heavy atom. The minimum atomic E-state index is 0.199. The number of ether oxygens (including phenoxy) is 2. The van der Waals surface area contributed by atoms with Crippen molar-refractivity contribution < 1.29 is 9.47 Å². The first-order chi connectivity index (χ1) is 9.54. The molecule has 0 fully saturated rings. The van der Waals surface area contributed by atoms with Crippen LogP contribution in [0.4, 0.5) is 0 Å². The average molecular weight is 365 g/mol. The van der Waals surface area contributed by atoms with Crippen LogP contribution in [0.25, 0.3) is 0 Å². The molecule has 1 heterocycles. The monoisotopic (exact) mass is 364 g/mol. The van der Waals surface area contributed by atoms with Gasteiger partial charge in [0.25, 0.3) is 0 Å². The first-order valence-electron chi connectivity index (χ1n) is 6.74. The predicted octanol–water partition coefficient (Wildman–Crippen LogP) is 2.80. The molecule has 0 saturated heterocycles. The largest absolute Gasteiger partial charge is 0.383 e. The molecule has 116 valence electrons. The lowest BCUT2D eigenvalue weighted by atomic mass is 10.1. The van der Waals surface area contributed by atoms with Gasteiger partial charge in [-0.1, -0.05) is 0 Å². The van der Waals surface area contributed by atoms with Gasteiger partial charge in [0.2, 0.25) is 0 Å². The molecule has 4 nitrogen and oxygen atoms in total. The molecule has 1 aromatic rings. The number of nitrogens with two attached hydrogens (primary N) is 1. The summed E-state index contributed by atoms with van der Waals surface area (Å²) in [4.78, 5) is 4.94. The molecule has 0 amide bonds. The molecule has 0 bridgehead atoms. The number of halogens is 1. The number of rotatable bonds is 9. The lowest BCUT2D eigenvalue weighted by Gasteiger charge is -2.35. The maximum atomic E-state index is 6.04. The van der Waals surface area contributed by atoms with Crippen LogP contribution in [0.15, 0.2) is 10.5 Å². The Hall–Kier alpha value is 0.0200. The van der Waals surface area contributed by atoms with Crippen LogP contribution in [-0.4, -0.2) is 51.5 Å². The van der Waals surface area contributed by atoms with Gasteiger partial charge in [-0.25, -0.2) is 0 Å². The Bertz CT molecular complexity index is 381. The minimum absolute atomic E-state index is 0.199. The fourth-order valence-corrected chi connectivity index (χ4v) is 3.97. The van der Waals surface area contributed by atoms with Crippen LogP contribution in [0, 0.1) is 6.92 Å². The molecule has 2 N–H and O–H groups in total. The van der Waals surface area contributed by atoms with Crippen LogP contribution < -0.4 is 5.73 Å². The predicted molar refractivity (Wildman–Crippen MR) is 88.5 cm³/mol. The smallest absolute Gasteiger partial charge is 0.0615 e. The van der Waals surface area contributed by atoms with Gasteiger partial charge >= 0.3 is 0 Å². The zero-order chi connectivity index (χ0) is 15.1. The molecule has 2 unspecified atom stereocenters. The lowest BCUT2D eigenvalue weighted by molar-refractivity contribution is 0.0496. The van der Waals surface area contributed by atoms with Crippen molar-refractivity contribution in [3.05, 3.63) is 20.3 Å². The zero-order valence-electron chi connectivity index (χ0n) is 12.7. The van der Waals surface area contributed by atoms with Crippen LogP contribution in [0.5, 0.6) is 0 Å². The van der Waals surface area contributed by atoms with E-state index in [1.165, 1.54) is 9.75 Å². The number of hydrogen-bond donors (Lipinski definition) is 1. The van der Waals surface area contributed by atoms with E-state index in [0.717, 1.165) is 11.0 Å². The van der Waals surface area contributed by atoms with Crippen LogP contribution in [0.3, 0.4) is 0 Å². The van der Waals surface area contributed by atoms with Crippen LogP contribution in [-0.2, 0) is 9.47 Å². The number of aryl methyl sites for hydroxylation is 1. The van der Waals surface area contributed by atoms with E-state index < -0.39 is 0 Å². The van der Waals surface area contributed by atoms with Gasteiger partial charge in [0.1, 0.15) is 0 Å². The van der Waals surface area contributed by atoms with Crippen LogP contribution in [0.2, 0.25) is 0 Å². The second kappa shape index (κ2) is 9.12. The summed E-state index contributed by atoms with van der Waals surface area (Å²) in [7, 11) is 3.46. The molecule has 1 aromatic heterocycles. The third kappa shape index (κ3) is 4.79. The zero-order valence-corrected chi connectivity index (χ0v) is 15.1. The molecule has 0 aromatic carbocycles. The number of methoxy groups -OCH3 is 2. The summed E-state index contributed by atoms with van der Waals surface area (Å²) in [5, 5.41) is 0. The van der Waals surface area contributed by atoms with Crippen molar-refractivity contribution in [2.45, 2.75) is 25.9 Å². The van der Waals surface area contributed by atoms with E-state index in [1.807, 2.05) is 0 Å². The maximum Gasteiger partial charge on any atom is 0.0615 e. The summed E-state index contributed by atoms with van der Waals surface area (Å²) in [6.45, 7) is 7.09. The molecule has 0 aliphatic rings. The van der Waals surface area contributed by atoms with Gasteiger partial charge in [0.05, 0.1) is 19.3 Å². The fourth-order valence-electron chi connectivity index (χ4n) is 2.28. The van der Waals surface area contributed by atoms with Gasteiger partial charge in [0.15, 0.2) is 0 Å². The van der Waals surface area contributed by atoms with Crippen molar-refractivity contribution in [2.24, 2.45) is 5.73 Å². The second-order valence-corrected chi connectivity index (χ2v) is 6.98. The van der Waals surface area contributed by atoms with E-state index in [0.29, 0.717) is 25.8 Å². The molecule has 0 radical (unpaired) electrons. The van der Waals surface area contributed by atoms with E-state index in [-0.39, 0.29) is 6.04 Å². The normalized spacial score (nSPS) is 14.8. The third-order valence-corrected chi connectivity index (χ3v) is 5.59. The number of thiophene rings is 1. The van der Waals surface area contributed by atoms with Crippen molar-refractivity contribution in [1.82, 2.24) is 4.90 Å². The third-order valence-electron chi connectivity index (χ3n) is 3.36. The standard InChI is InChI=1S/C14H25BrN2O2S/c1-10(9-19-4)17(5-6-18-3)13(8-16)14-7-12(15)11(2)20-14/h7,10,13H,5-6,8-9,16H2,1-4H3. The molecule has 1 rings (SSSR count). The van der Waals surface area contributed by atoms with Gasteiger partial charge in [0, 0.05) is 47.6 Å². The molecule has 2 atom stereocenters. The highest BCUT2D eigenvalue weighted by Crippen LogP contribution is 2.33. The van der Waals surface area contributed by atoms with Crippen molar-refractivity contribution in [2.75, 3.05) is 40.5 Å². The van der Waals surface area contributed by atoms with E-state index in [9.17, 15) is 0 Å². The Labute approximate surface area is 134 Å². The maximum absolute atomic E-state index is 6.04. The summed E-state index contributed by atoms with van der Waals surface area (Å²) in [6.07, 6.45) is 0. The second-order valence-electron chi connectivity index (χ2n) is 4.84. The minimum Gasteiger partial charge on any atom is -0.383 e. The van der Waals surface area contributed by atoms with Gasteiger partial charge < -0.3 is 15.2 Å². The summed E-state index contributed by atoms with van der Waals surface area (Å²) >= 11 is 5.38. The first-order valence-corrected chi connectivity index (χ1v) is 8.35.